The first-order valence-corrected chi connectivity index (χ1v) is 10.4. The highest BCUT2D eigenvalue weighted by Gasteiger charge is 2.39. The fourth-order valence-electron chi connectivity index (χ4n) is 4.11. The van der Waals surface area contributed by atoms with Gasteiger partial charge in [-0.25, -0.2) is 5.01 Å². The van der Waals surface area contributed by atoms with Crippen LogP contribution in [0.15, 0.2) is 52.2 Å². The molecule has 0 aliphatic carbocycles. The Morgan fingerprint density at radius 2 is 1.86 bits per heavy atom. The number of hydrogen-bond donors (Lipinski definition) is 0. The highest BCUT2D eigenvalue weighted by molar-refractivity contribution is 6.30. The number of nitrogens with zero attached hydrogens (tertiary/aromatic N) is 3. The number of halogens is 1. The zero-order chi connectivity index (χ0) is 20.5. The van der Waals surface area contributed by atoms with Gasteiger partial charge in [0.15, 0.2) is 0 Å². The minimum Gasteiger partial charge on any atom is -0.467 e. The Bertz CT molecular complexity index is 871. The first-order valence-electron chi connectivity index (χ1n) is 10.0. The van der Waals surface area contributed by atoms with Gasteiger partial charge in [0.2, 0.25) is 0 Å². The van der Waals surface area contributed by atoms with Gasteiger partial charge < -0.3 is 9.15 Å². The summed E-state index contributed by atoms with van der Waals surface area (Å²) in [6.45, 7) is 7.48. The molecule has 0 saturated carbocycles. The zero-order valence-corrected chi connectivity index (χ0v) is 17.7. The van der Waals surface area contributed by atoms with Crippen LogP contribution in [0.4, 0.5) is 0 Å². The molecule has 7 heteroatoms. The van der Waals surface area contributed by atoms with Crippen LogP contribution in [0.5, 0.6) is 0 Å². The van der Waals surface area contributed by atoms with Crippen LogP contribution < -0.4 is 0 Å². The largest absolute Gasteiger partial charge is 0.467 e. The molecule has 1 aromatic carbocycles. The van der Waals surface area contributed by atoms with Gasteiger partial charge in [-0.05, 0) is 50.6 Å². The summed E-state index contributed by atoms with van der Waals surface area (Å²) in [6, 6.07) is 10.7. The lowest BCUT2D eigenvalue weighted by Crippen LogP contribution is -2.54. The van der Waals surface area contributed by atoms with Crippen molar-refractivity contribution in [1.82, 2.24) is 9.91 Å². The standard InChI is InChI=1S/C22H26ClN3O3/c1-14-12-25(13-15(2)29-14)16(3)22(27)26-20(21-5-4-10-28-21)11-19(24-26)17-6-8-18(23)9-7-17/h4-10,14-16,20H,11-13H2,1-3H3/t14-,15-,16-,20-/m1/s1. The molecule has 2 aliphatic heterocycles. The summed E-state index contributed by atoms with van der Waals surface area (Å²) >= 11 is 6.02. The smallest absolute Gasteiger partial charge is 0.260 e. The summed E-state index contributed by atoms with van der Waals surface area (Å²) in [6.07, 6.45) is 2.43. The van der Waals surface area contributed by atoms with Crippen LogP contribution >= 0.6 is 11.6 Å². The minimum atomic E-state index is -0.297. The fraction of sp³-hybridized carbons (Fsp3) is 0.455. The average molecular weight is 416 g/mol. The van der Waals surface area contributed by atoms with Crippen LogP contribution in [0.1, 0.15) is 44.6 Å². The topological polar surface area (TPSA) is 58.3 Å². The Morgan fingerprint density at radius 1 is 1.17 bits per heavy atom. The molecular formula is C22H26ClN3O3. The molecule has 0 spiro atoms. The molecule has 1 amide bonds. The molecule has 3 heterocycles. The number of furan rings is 1. The van der Waals surface area contributed by atoms with Crippen LogP contribution in [0.3, 0.4) is 0 Å². The van der Waals surface area contributed by atoms with Gasteiger partial charge in [-0.3, -0.25) is 9.69 Å². The average Bonchev–Trinajstić information content (AvgIpc) is 3.36. The van der Waals surface area contributed by atoms with E-state index in [1.807, 2.05) is 57.2 Å². The minimum absolute atomic E-state index is 0.0309. The van der Waals surface area contributed by atoms with E-state index in [0.717, 1.165) is 30.1 Å². The van der Waals surface area contributed by atoms with Gasteiger partial charge in [0, 0.05) is 24.5 Å². The lowest BCUT2D eigenvalue weighted by Gasteiger charge is -2.39. The first kappa shape index (κ1) is 20.1. The maximum atomic E-state index is 13.5. The van der Waals surface area contributed by atoms with Crippen LogP contribution in [0.2, 0.25) is 5.02 Å². The molecule has 1 fully saturated rings. The Labute approximate surface area is 176 Å². The van der Waals surface area contributed by atoms with E-state index in [-0.39, 0.29) is 30.2 Å². The zero-order valence-electron chi connectivity index (χ0n) is 16.9. The van der Waals surface area contributed by atoms with Gasteiger partial charge in [0.05, 0.1) is 30.2 Å². The number of ether oxygens (including phenoxy) is 1. The maximum absolute atomic E-state index is 13.5. The van der Waals surface area contributed by atoms with Crippen molar-refractivity contribution in [3.05, 3.63) is 59.0 Å². The van der Waals surface area contributed by atoms with Crippen LogP contribution in [-0.4, -0.2) is 52.9 Å². The lowest BCUT2D eigenvalue weighted by atomic mass is 10.0. The highest BCUT2D eigenvalue weighted by atomic mass is 35.5. The third-order valence-corrected chi connectivity index (χ3v) is 5.79. The molecule has 154 valence electrons. The second-order valence-electron chi connectivity index (χ2n) is 7.86. The fourth-order valence-corrected chi connectivity index (χ4v) is 4.24. The third-order valence-electron chi connectivity index (χ3n) is 5.54. The number of morpholine rings is 1. The van der Waals surface area contributed by atoms with E-state index in [2.05, 4.69) is 4.90 Å². The summed E-state index contributed by atoms with van der Waals surface area (Å²) in [4.78, 5) is 15.6. The lowest BCUT2D eigenvalue weighted by molar-refractivity contribution is -0.144. The van der Waals surface area contributed by atoms with Crippen molar-refractivity contribution in [3.8, 4) is 0 Å². The molecule has 0 bridgehead atoms. The first-order chi connectivity index (χ1) is 13.9. The van der Waals surface area contributed by atoms with E-state index in [4.69, 9.17) is 25.9 Å². The number of benzene rings is 1. The van der Waals surface area contributed by atoms with Crippen molar-refractivity contribution < 1.29 is 13.9 Å². The van der Waals surface area contributed by atoms with Gasteiger partial charge in [0.25, 0.3) is 5.91 Å². The molecule has 0 N–H and O–H groups in total. The van der Waals surface area contributed by atoms with Crippen molar-refractivity contribution in [2.75, 3.05) is 13.1 Å². The summed E-state index contributed by atoms with van der Waals surface area (Å²) in [5, 5.41) is 6.99. The Hall–Kier alpha value is -2.15. The Balaban J connectivity index is 1.60. The SMILES string of the molecule is C[C@@H]1CN([C@H](C)C(=O)N2N=C(c3ccc(Cl)cc3)C[C@@H]2c2ccco2)C[C@@H](C)O1. The molecule has 2 aliphatic rings. The number of carbonyl (C=O) groups excluding carboxylic acids is 1. The number of amides is 1. The van der Waals surface area contributed by atoms with Gasteiger partial charge in [-0.1, -0.05) is 23.7 Å². The number of rotatable bonds is 4. The van der Waals surface area contributed by atoms with E-state index in [0.29, 0.717) is 11.4 Å². The van der Waals surface area contributed by atoms with E-state index in [9.17, 15) is 4.79 Å². The van der Waals surface area contributed by atoms with Crippen molar-refractivity contribution >= 4 is 23.2 Å². The maximum Gasteiger partial charge on any atom is 0.260 e. The molecule has 1 saturated heterocycles. The van der Waals surface area contributed by atoms with Crippen molar-refractivity contribution in [1.29, 1.82) is 0 Å². The molecule has 6 nitrogen and oxygen atoms in total. The van der Waals surface area contributed by atoms with Gasteiger partial charge in [-0.15, -0.1) is 0 Å². The summed E-state index contributed by atoms with van der Waals surface area (Å²) in [5.74, 6) is 0.707. The molecule has 0 radical (unpaired) electrons. The van der Waals surface area contributed by atoms with Gasteiger partial charge >= 0.3 is 0 Å². The van der Waals surface area contributed by atoms with Crippen LogP contribution in [0, 0.1) is 0 Å². The predicted molar refractivity (Wildman–Crippen MR) is 112 cm³/mol. The molecular weight excluding hydrogens is 390 g/mol. The van der Waals surface area contributed by atoms with Gasteiger partial charge in [-0.2, -0.15) is 5.10 Å². The monoisotopic (exact) mass is 415 g/mol. The second-order valence-corrected chi connectivity index (χ2v) is 8.30. The number of hydrogen-bond acceptors (Lipinski definition) is 5. The molecule has 0 unspecified atom stereocenters. The molecule has 29 heavy (non-hydrogen) atoms. The van der Waals surface area contributed by atoms with Crippen LogP contribution in [0.25, 0.3) is 0 Å². The van der Waals surface area contributed by atoms with Crippen molar-refractivity contribution in [3.63, 3.8) is 0 Å². The van der Waals surface area contributed by atoms with E-state index in [1.54, 1.807) is 11.3 Å². The second kappa shape index (κ2) is 8.30. The highest BCUT2D eigenvalue weighted by Crippen LogP contribution is 2.34. The van der Waals surface area contributed by atoms with Crippen LogP contribution in [-0.2, 0) is 9.53 Å². The number of carbonyl (C=O) groups is 1. The predicted octanol–water partition coefficient (Wildman–Crippen LogP) is 4.11. The van der Waals surface area contributed by atoms with E-state index >= 15 is 0 Å². The summed E-state index contributed by atoms with van der Waals surface area (Å²) in [7, 11) is 0. The molecule has 4 atom stereocenters. The van der Waals surface area contributed by atoms with Crippen molar-refractivity contribution in [2.45, 2.75) is 51.5 Å². The third kappa shape index (κ3) is 4.25. The normalized spacial score (nSPS) is 26.4. The summed E-state index contributed by atoms with van der Waals surface area (Å²) < 4.78 is 11.5. The summed E-state index contributed by atoms with van der Waals surface area (Å²) in [5.41, 5.74) is 1.81. The quantitative estimate of drug-likeness (QED) is 0.754. The van der Waals surface area contributed by atoms with Gasteiger partial charge in [0.1, 0.15) is 11.8 Å². The van der Waals surface area contributed by atoms with E-state index < -0.39 is 0 Å². The molecule has 1 aromatic heterocycles. The Kier molecular flexibility index (Phi) is 5.76. The number of hydrazone groups is 1. The molecule has 4 rings (SSSR count). The van der Waals surface area contributed by atoms with E-state index in [1.165, 1.54) is 0 Å². The Morgan fingerprint density at radius 3 is 2.48 bits per heavy atom. The molecule has 2 aromatic rings. The van der Waals surface area contributed by atoms with Crippen molar-refractivity contribution in [2.24, 2.45) is 5.10 Å².